The molecule has 6 nitrogen and oxygen atoms in total. The van der Waals surface area contributed by atoms with Crippen LogP contribution in [0, 0.1) is 5.92 Å². The average Bonchev–Trinajstić information content (AvgIpc) is 3.23. The first kappa shape index (κ1) is 19.6. The number of carbonyl (C=O) groups is 2. The van der Waals surface area contributed by atoms with E-state index in [-0.39, 0.29) is 28.4 Å². The quantitative estimate of drug-likeness (QED) is 0.827. The summed E-state index contributed by atoms with van der Waals surface area (Å²) in [5.74, 6) is -0.182. The number of nitrogens with zero attached hydrogens (tertiary/aromatic N) is 1. The molecule has 2 heterocycles. The number of hydrogen-bond donors (Lipinski definition) is 1. The Morgan fingerprint density at radius 2 is 1.81 bits per heavy atom. The minimum Gasteiger partial charge on any atom is -0.338 e. The molecule has 144 valence electrons. The van der Waals surface area contributed by atoms with Gasteiger partial charge >= 0.3 is 0 Å². The molecule has 2 amide bonds. The molecule has 27 heavy (non-hydrogen) atoms. The Morgan fingerprint density at radius 3 is 2.37 bits per heavy atom. The molecule has 3 rings (SSSR count). The van der Waals surface area contributed by atoms with Gasteiger partial charge in [0.15, 0.2) is 9.84 Å². The summed E-state index contributed by atoms with van der Waals surface area (Å²) in [4.78, 5) is 27.6. The van der Waals surface area contributed by atoms with E-state index in [9.17, 15) is 18.0 Å². The van der Waals surface area contributed by atoms with Gasteiger partial charge in [0.2, 0.25) is 5.91 Å². The van der Waals surface area contributed by atoms with Crippen LogP contribution >= 0.6 is 11.3 Å². The topological polar surface area (TPSA) is 83.6 Å². The molecule has 2 aromatic rings. The normalized spacial score (nSPS) is 15.5. The van der Waals surface area contributed by atoms with Crippen LogP contribution in [0.2, 0.25) is 0 Å². The fraction of sp³-hybridized carbons (Fsp3) is 0.368. The molecule has 0 aliphatic carbocycles. The van der Waals surface area contributed by atoms with Crippen molar-refractivity contribution in [3.8, 4) is 0 Å². The van der Waals surface area contributed by atoms with Crippen LogP contribution < -0.4 is 5.32 Å². The second kappa shape index (κ2) is 8.22. The molecule has 0 saturated carbocycles. The maximum absolute atomic E-state index is 12.5. The van der Waals surface area contributed by atoms with E-state index in [2.05, 4.69) is 5.32 Å². The molecular weight excluding hydrogens is 384 g/mol. The third-order valence-electron chi connectivity index (χ3n) is 4.75. The smallest absolute Gasteiger partial charge is 0.263 e. The number of benzene rings is 1. The monoisotopic (exact) mass is 406 g/mol. The first-order valence-electron chi connectivity index (χ1n) is 8.87. The van der Waals surface area contributed by atoms with Gasteiger partial charge in [-0.25, -0.2) is 8.42 Å². The fourth-order valence-electron chi connectivity index (χ4n) is 3.06. The maximum atomic E-state index is 12.5. The molecule has 1 aliphatic rings. The van der Waals surface area contributed by atoms with Crippen LogP contribution in [0.25, 0.3) is 0 Å². The van der Waals surface area contributed by atoms with Crippen molar-refractivity contribution in [2.75, 3.05) is 24.2 Å². The SMILES string of the molecule is CCS(=O)(=O)c1ccc(NC(=O)C2CCN(C(=O)c3cccs3)CC2)cc1. The van der Waals surface area contributed by atoms with Gasteiger partial charge in [-0.2, -0.15) is 0 Å². The fourth-order valence-corrected chi connectivity index (χ4v) is 4.63. The second-order valence-electron chi connectivity index (χ2n) is 6.46. The Balaban J connectivity index is 1.54. The molecule has 0 unspecified atom stereocenters. The van der Waals surface area contributed by atoms with Crippen molar-refractivity contribution in [3.05, 3.63) is 46.7 Å². The number of hydrogen-bond acceptors (Lipinski definition) is 5. The van der Waals surface area contributed by atoms with Crippen molar-refractivity contribution < 1.29 is 18.0 Å². The van der Waals surface area contributed by atoms with Gasteiger partial charge in [0.25, 0.3) is 5.91 Å². The van der Waals surface area contributed by atoms with Crippen LogP contribution in [0.5, 0.6) is 0 Å². The summed E-state index contributed by atoms with van der Waals surface area (Å²) in [7, 11) is -3.25. The highest BCUT2D eigenvalue weighted by Gasteiger charge is 2.28. The van der Waals surface area contributed by atoms with Crippen molar-refractivity contribution in [1.82, 2.24) is 4.90 Å². The second-order valence-corrected chi connectivity index (χ2v) is 9.69. The number of rotatable bonds is 5. The maximum Gasteiger partial charge on any atom is 0.263 e. The number of thiophene rings is 1. The first-order chi connectivity index (χ1) is 12.9. The lowest BCUT2D eigenvalue weighted by molar-refractivity contribution is -0.121. The van der Waals surface area contributed by atoms with E-state index < -0.39 is 9.84 Å². The zero-order chi connectivity index (χ0) is 19.4. The van der Waals surface area contributed by atoms with Gasteiger partial charge in [0.1, 0.15) is 0 Å². The number of carbonyl (C=O) groups excluding carboxylic acids is 2. The molecular formula is C19H22N2O4S2. The predicted octanol–water partition coefficient (Wildman–Crippen LogP) is 3.03. The van der Waals surface area contributed by atoms with Crippen LogP contribution in [0.3, 0.4) is 0 Å². The third kappa shape index (κ3) is 4.56. The van der Waals surface area contributed by atoms with E-state index in [0.29, 0.717) is 31.6 Å². The van der Waals surface area contributed by atoms with Crippen molar-refractivity contribution in [2.45, 2.75) is 24.7 Å². The Kier molecular flexibility index (Phi) is 5.96. The summed E-state index contributed by atoms with van der Waals surface area (Å²) < 4.78 is 23.7. The average molecular weight is 407 g/mol. The van der Waals surface area contributed by atoms with E-state index in [1.165, 1.54) is 23.5 Å². The molecule has 1 aromatic heterocycles. The summed E-state index contributed by atoms with van der Waals surface area (Å²) in [6.45, 7) is 2.71. The van der Waals surface area contributed by atoms with Gasteiger partial charge in [0, 0.05) is 24.7 Å². The Labute approximate surface area is 163 Å². The summed E-state index contributed by atoms with van der Waals surface area (Å²) in [6, 6.07) is 9.91. The van der Waals surface area contributed by atoms with E-state index in [1.54, 1.807) is 24.0 Å². The molecule has 1 saturated heterocycles. The zero-order valence-corrected chi connectivity index (χ0v) is 16.7. The lowest BCUT2D eigenvalue weighted by Crippen LogP contribution is -2.41. The van der Waals surface area contributed by atoms with E-state index in [0.717, 1.165) is 4.88 Å². The van der Waals surface area contributed by atoms with E-state index in [1.807, 2.05) is 17.5 Å². The Morgan fingerprint density at radius 1 is 1.15 bits per heavy atom. The number of anilines is 1. The standard InChI is InChI=1S/C19H22N2O4S2/c1-2-27(24,25)16-7-5-15(6-8-16)20-18(22)14-9-11-21(12-10-14)19(23)17-4-3-13-26-17/h3-8,13-14H,2,9-12H2,1H3,(H,20,22). The predicted molar refractivity (Wildman–Crippen MR) is 106 cm³/mol. The molecule has 0 atom stereocenters. The largest absolute Gasteiger partial charge is 0.338 e. The van der Waals surface area contributed by atoms with Gasteiger partial charge in [-0.05, 0) is 48.6 Å². The molecule has 8 heteroatoms. The molecule has 1 N–H and O–H groups in total. The summed E-state index contributed by atoms with van der Waals surface area (Å²) >= 11 is 1.42. The number of piperidine rings is 1. The van der Waals surface area contributed by atoms with E-state index >= 15 is 0 Å². The highest BCUT2D eigenvalue weighted by molar-refractivity contribution is 7.91. The van der Waals surface area contributed by atoms with Crippen LogP contribution in [0.4, 0.5) is 5.69 Å². The highest BCUT2D eigenvalue weighted by atomic mass is 32.2. The number of nitrogens with one attached hydrogen (secondary N) is 1. The van der Waals surface area contributed by atoms with Crippen molar-refractivity contribution in [1.29, 1.82) is 0 Å². The summed E-state index contributed by atoms with van der Waals surface area (Å²) in [5.41, 5.74) is 0.576. The summed E-state index contributed by atoms with van der Waals surface area (Å²) in [5, 5.41) is 4.72. The molecule has 1 aliphatic heterocycles. The van der Waals surface area contributed by atoms with Gasteiger partial charge in [-0.1, -0.05) is 13.0 Å². The number of sulfone groups is 1. The van der Waals surface area contributed by atoms with E-state index in [4.69, 9.17) is 0 Å². The highest BCUT2D eigenvalue weighted by Crippen LogP contribution is 2.23. The number of likely N-dealkylation sites (tertiary alicyclic amines) is 1. The van der Waals surface area contributed by atoms with Crippen LogP contribution in [0.1, 0.15) is 29.4 Å². The molecule has 0 radical (unpaired) electrons. The third-order valence-corrected chi connectivity index (χ3v) is 7.35. The van der Waals surface area contributed by atoms with Crippen LogP contribution in [0.15, 0.2) is 46.7 Å². The minimum absolute atomic E-state index is 0.0246. The van der Waals surface area contributed by atoms with Gasteiger partial charge in [-0.15, -0.1) is 11.3 Å². The molecule has 0 spiro atoms. The van der Waals surface area contributed by atoms with Gasteiger partial charge < -0.3 is 10.2 Å². The van der Waals surface area contributed by atoms with Crippen molar-refractivity contribution in [3.63, 3.8) is 0 Å². The van der Waals surface area contributed by atoms with Crippen LogP contribution in [-0.2, 0) is 14.6 Å². The first-order valence-corrected chi connectivity index (χ1v) is 11.4. The van der Waals surface area contributed by atoms with Crippen LogP contribution in [-0.4, -0.2) is 44.0 Å². The molecule has 0 bridgehead atoms. The minimum atomic E-state index is -3.25. The van der Waals surface area contributed by atoms with Crippen molar-refractivity contribution >= 4 is 38.7 Å². The lowest BCUT2D eigenvalue weighted by Gasteiger charge is -2.31. The Hall–Kier alpha value is -2.19. The lowest BCUT2D eigenvalue weighted by atomic mass is 9.95. The Bertz CT molecular complexity index is 898. The van der Waals surface area contributed by atoms with Crippen molar-refractivity contribution in [2.24, 2.45) is 5.92 Å². The molecule has 1 aromatic carbocycles. The zero-order valence-electron chi connectivity index (χ0n) is 15.1. The summed E-state index contributed by atoms with van der Waals surface area (Å²) in [6.07, 6.45) is 1.23. The molecule has 1 fully saturated rings. The van der Waals surface area contributed by atoms with Gasteiger partial charge in [0.05, 0.1) is 15.5 Å². The van der Waals surface area contributed by atoms with Gasteiger partial charge in [-0.3, -0.25) is 9.59 Å². The number of amides is 2.